The normalized spacial score (nSPS) is 18.0. The van der Waals surface area contributed by atoms with Crippen LogP contribution in [0.25, 0.3) is 11.3 Å². The Labute approximate surface area is 293 Å². The summed E-state index contributed by atoms with van der Waals surface area (Å²) < 4.78 is 35.7. The van der Waals surface area contributed by atoms with Crippen LogP contribution in [0.15, 0.2) is 65.8 Å². The lowest BCUT2D eigenvalue weighted by Crippen LogP contribution is -2.48. The van der Waals surface area contributed by atoms with Gasteiger partial charge in [-0.15, -0.1) is 0 Å². The van der Waals surface area contributed by atoms with Gasteiger partial charge in [0.05, 0.1) is 28.0 Å². The molecule has 0 bridgehead atoms. The van der Waals surface area contributed by atoms with Gasteiger partial charge in [0.15, 0.2) is 0 Å². The number of rotatable bonds is 13. The van der Waals surface area contributed by atoms with Gasteiger partial charge in [0.2, 0.25) is 11.8 Å². The number of aromatic carboxylic acids is 1. The third-order valence-electron chi connectivity index (χ3n) is 9.73. The van der Waals surface area contributed by atoms with Gasteiger partial charge in [-0.1, -0.05) is 38.1 Å². The third-order valence-corrected chi connectivity index (χ3v) is 11.1. The fourth-order valence-electron chi connectivity index (χ4n) is 7.18. The smallest absolute Gasteiger partial charge is 0.335 e. The fourth-order valence-corrected chi connectivity index (χ4v) is 8.16. The molecule has 2 atom stereocenters. The first-order chi connectivity index (χ1) is 23.8. The lowest BCUT2D eigenvalue weighted by Gasteiger charge is -2.46. The van der Waals surface area contributed by atoms with Crippen molar-refractivity contribution in [3.8, 4) is 17.1 Å². The molecule has 3 heterocycles. The highest BCUT2D eigenvalue weighted by Gasteiger charge is 2.40. The van der Waals surface area contributed by atoms with Crippen LogP contribution in [0.2, 0.25) is 0 Å². The van der Waals surface area contributed by atoms with Gasteiger partial charge in [0.1, 0.15) is 12.4 Å². The molecular weight excluding hydrogens is 655 g/mol. The summed E-state index contributed by atoms with van der Waals surface area (Å²) in [5.74, 6) is 0.0592. The van der Waals surface area contributed by atoms with E-state index in [1.807, 2.05) is 38.2 Å². The molecule has 12 nitrogen and oxygen atoms in total. The number of nitrogens with one attached hydrogen (secondary N) is 2. The number of sulfonamides is 1. The van der Waals surface area contributed by atoms with E-state index in [9.17, 15) is 18.3 Å². The van der Waals surface area contributed by atoms with Gasteiger partial charge in [-0.2, -0.15) is 4.98 Å². The Kier molecular flexibility index (Phi) is 10.1. The molecule has 3 N–H and O–H groups in total. The topological polar surface area (TPSA) is 160 Å². The first-order valence-electron chi connectivity index (χ1n) is 17.0. The van der Waals surface area contributed by atoms with E-state index < -0.39 is 16.0 Å². The van der Waals surface area contributed by atoms with E-state index in [2.05, 4.69) is 50.7 Å². The lowest BCUT2D eigenvalue weighted by atomic mass is 9.62. The maximum absolute atomic E-state index is 13.4. The molecular formula is C37H45N7O5S. The largest absolute Gasteiger partial charge is 0.478 e. The van der Waals surface area contributed by atoms with Crippen molar-refractivity contribution in [2.45, 2.75) is 83.8 Å². The van der Waals surface area contributed by atoms with Crippen LogP contribution in [0.5, 0.6) is 5.88 Å². The number of ether oxygens (including phenoxy) is 1. The molecule has 1 saturated heterocycles. The molecule has 4 aromatic rings. The van der Waals surface area contributed by atoms with Gasteiger partial charge in [0.25, 0.3) is 10.0 Å². The highest BCUT2D eigenvalue weighted by Crippen LogP contribution is 2.46. The quantitative estimate of drug-likeness (QED) is 0.150. The van der Waals surface area contributed by atoms with Crippen LogP contribution in [0.3, 0.4) is 0 Å². The van der Waals surface area contributed by atoms with Gasteiger partial charge >= 0.3 is 5.97 Å². The van der Waals surface area contributed by atoms with Gasteiger partial charge in [-0.25, -0.2) is 27.9 Å². The first-order valence-corrected chi connectivity index (χ1v) is 18.5. The van der Waals surface area contributed by atoms with Crippen molar-refractivity contribution in [3.05, 3.63) is 83.3 Å². The van der Waals surface area contributed by atoms with Crippen LogP contribution < -0.4 is 19.7 Å². The number of nitrogens with zero attached hydrogens (tertiary/aromatic N) is 5. The van der Waals surface area contributed by atoms with Crippen LogP contribution in [0, 0.1) is 25.2 Å². The minimum Gasteiger partial charge on any atom is -0.478 e. The summed E-state index contributed by atoms with van der Waals surface area (Å²) in [7, 11) is -4.23. The zero-order valence-corrected chi connectivity index (χ0v) is 30.0. The maximum Gasteiger partial charge on any atom is 0.335 e. The number of aromatic nitrogens is 4. The second-order valence-corrected chi connectivity index (χ2v) is 16.0. The molecule has 2 aliphatic rings. The second-order valence-electron chi connectivity index (χ2n) is 14.3. The summed E-state index contributed by atoms with van der Waals surface area (Å²) in [5, 5.41) is 13.1. The van der Waals surface area contributed by atoms with E-state index >= 15 is 0 Å². The number of carbonyl (C=O) groups is 1. The molecule has 2 aromatic carbocycles. The molecule has 0 spiro atoms. The molecule has 264 valence electrons. The molecule has 6 rings (SSSR count). The fraction of sp³-hybridized carbons (Fsp3) is 0.432. The van der Waals surface area contributed by atoms with Crippen molar-refractivity contribution in [1.82, 2.24) is 25.3 Å². The minimum absolute atomic E-state index is 0.0308. The predicted molar refractivity (Wildman–Crippen MR) is 192 cm³/mol. The standard InChI is InChI=1S/C37H45N7O5S/c1-23-9-6-10-24(2)34(23)30-16-33(42-36(41-30)43-50(47,48)29-13-7-12-26(15-29)35(45)46)49-22-31(27-17-37(4,5)18-27)39-20-28-19-38-21-32(40-28)44-14-8-11-25(44)3/h6-7,9-10,12-13,15-16,19,21,25,27,31,39H,8,11,14,17-18,20,22H2,1-5H3,(H,45,46)(H,41,42,43)/t25-,31?/m1/s1. The molecule has 13 heteroatoms. The van der Waals surface area contributed by atoms with Gasteiger partial charge in [-0.3, -0.25) is 4.98 Å². The van der Waals surface area contributed by atoms with Crippen LogP contribution in [-0.4, -0.2) is 64.7 Å². The van der Waals surface area contributed by atoms with E-state index in [-0.39, 0.29) is 40.4 Å². The van der Waals surface area contributed by atoms with Crippen molar-refractivity contribution in [1.29, 1.82) is 0 Å². The van der Waals surface area contributed by atoms with Gasteiger partial charge < -0.3 is 20.1 Å². The van der Waals surface area contributed by atoms with E-state index in [1.54, 1.807) is 12.3 Å². The number of hydrogen-bond donors (Lipinski definition) is 3. The highest BCUT2D eigenvalue weighted by atomic mass is 32.2. The monoisotopic (exact) mass is 699 g/mol. The van der Waals surface area contributed by atoms with E-state index in [0.717, 1.165) is 66.5 Å². The van der Waals surface area contributed by atoms with Crippen molar-refractivity contribution < 1.29 is 23.1 Å². The number of carboxylic acid groups (broad SMARTS) is 1. The molecule has 50 heavy (non-hydrogen) atoms. The van der Waals surface area contributed by atoms with Crippen molar-refractivity contribution in [3.63, 3.8) is 0 Å². The molecule has 1 aliphatic heterocycles. The first kappa shape index (κ1) is 35.2. The average molecular weight is 700 g/mol. The number of aryl methyl sites for hydroxylation is 2. The zero-order valence-electron chi connectivity index (χ0n) is 29.2. The number of anilines is 2. The summed E-state index contributed by atoms with van der Waals surface area (Å²) in [4.78, 5) is 32.1. The van der Waals surface area contributed by atoms with Crippen LogP contribution in [0.4, 0.5) is 11.8 Å². The molecule has 1 saturated carbocycles. The molecule has 0 amide bonds. The number of hydrogen-bond acceptors (Lipinski definition) is 10. The third kappa shape index (κ3) is 8.05. The Morgan fingerprint density at radius 1 is 1.06 bits per heavy atom. The Morgan fingerprint density at radius 3 is 2.48 bits per heavy atom. The Hall–Kier alpha value is -4.62. The molecule has 1 aliphatic carbocycles. The number of benzene rings is 2. The lowest BCUT2D eigenvalue weighted by molar-refractivity contribution is 0.0460. The molecule has 2 aromatic heterocycles. The Balaban J connectivity index is 1.26. The average Bonchev–Trinajstić information content (AvgIpc) is 3.49. The van der Waals surface area contributed by atoms with E-state index in [1.165, 1.54) is 18.2 Å². The summed E-state index contributed by atoms with van der Waals surface area (Å²) in [5.41, 5.74) is 4.20. The predicted octanol–water partition coefficient (Wildman–Crippen LogP) is 6.01. The van der Waals surface area contributed by atoms with E-state index in [0.29, 0.717) is 24.2 Å². The van der Waals surface area contributed by atoms with Crippen LogP contribution in [-0.2, 0) is 16.6 Å². The summed E-state index contributed by atoms with van der Waals surface area (Å²) in [6.07, 6.45) is 7.99. The van der Waals surface area contributed by atoms with Crippen molar-refractivity contribution >= 4 is 27.8 Å². The minimum atomic E-state index is -4.23. The van der Waals surface area contributed by atoms with Gasteiger partial charge in [-0.05, 0) is 87.1 Å². The highest BCUT2D eigenvalue weighted by molar-refractivity contribution is 7.92. The molecule has 2 fully saturated rings. The van der Waals surface area contributed by atoms with E-state index in [4.69, 9.17) is 9.72 Å². The Bertz CT molecular complexity index is 1960. The maximum atomic E-state index is 13.4. The van der Waals surface area contributed by atoms with Crippen LogP contribution >= 0.6 is 0 Å². The summed E-state index contributed by atoms with van der Waals surface area (Å²) in [6.45, 7) is 12.5. The summed E-state index contributed by atoms with van der Waals surface area (Å²) in [6, 6.07) is 13.1. The van der Waals surface area contributed by atoms with Crippen molar-refractivity contribution in [2.24, 2.45) is 11.3 Å². The molecule has 1 unspecified atom stereocenters. The summed E-state index contributed by atoms with van der Waals surface area (Å²) >= 11 is 0. The molecule has 0 radical (unpaired) electrons. The second kappa shape index (κ2) is 14.3. The number of carboxylic acids is 1. The zero-order chi connectivity index (χ0) is 35.6. The van der Waals surface area contributed by atoms with Crippen molar-refractivity contribution in [2.75, 3.05) is 22.8 Å². The SMILES string of the molecule is Cc1cccc(C)c1-c1cc(OCC(NCc2cncc(N3CCC[C@H]3C)n2)C2CC(C)(C)C2)nc(NS(=O)(=O)c2cccc(C(=O)O)c2)n1. The van der Waals surface area contributed by atoms with Crippen LogP contribution in [0.1, 0.15) is 73.6 Å². The Morgan fingerprint density at radius 2 is 1.80 bits per heavy atom. The van der Waals surface area contributed by atoms with Gasteiger partial charge in [0, 0.05) is 43.0 Å².